The summed E-state index contributed by atoms with van der Waals surface area (Å²) in [6.07, 6.45) is 4.51. The van der Waals surface area contributed by atoms with Crippen molar-refractivity contribution in [1.82, 2.24) is 0 Å². The molecule has 0 fully saturated rings. The zero-order chi connectivity index (χ0) is 6.95. The van der Waals surface area contributed by atoms with Crippen LogP contribution in [0.15, 0.2) is 5.16 Å². The van der Waals surface area contributed by atoms with Gasteiger partial charge < -0.3 is 9.94 Å². The Morgan fingerprint density at radius 3 is 2.89 bits per heavy atom. The molecule has 3 nitrogen and oxygen atoms in total. The van der Waals surface area contributed by atoms with Crippen LogP contribution in [0.3, 0.4) is 0 Å². The molecule has 0 spiro atoms. The smallest absolute Gasteiger partial charge is 0.144 e. The Hall–Kier alpha value is -0.570. The van der Waals surface area contributed by atoms with Gasteiger partial charge in [-0.2, -0.15) is 0 Å². The van der Waals surface area contributed by atoms with E-state index in [1.807, 2.05) is 0 Å². The van der Waals surface area contributed by atoms with Crippen LogP contribution in [-0.2, 0) is 0 Å². The summed E-state index contributed by atoms with van der Waals surface area (Å²) in [4.78, 5) is 0. The Balaban J connectivity index is 2.75. The van der Waals surface area contributed by atoms with Crippen molar-refractivity contribution in [3.8, 4) is 0 Å². The maximum absolute atomic E-state index is 7.97. The van der Waals surface area contributed by atoms with E-state index in [4.69, 9.17) is 5.21 Å². The van der Waals surface area contributed by atoms with Crippen molar-refractivity contribution in [3.63, 3.8) is 0 Å². The van der Waals surface area contributed by atoms with Gasteiger partial charge in [-0.25, -0.2) is 0 Å². The summed E-state index contributed by atoms with van der Waals surface area (Å²) < 4.78 is 3.93. The Kier molecular flexibility index (Phi) is 6.96. The highest BCUT2D eigenvalue weighted by atomic mass is 16.5. The SMILES string of the molecule is C[OH+]CCCCC=NO. The molecule has 0 aliphatic heterocycles. The normalized spacial score (nSPS) is 10.8. The van der Waals surface area contributed by atoms with E-state index < -0.39 is 0 Å². The first-order chi connectivity index (χ1) is 4.41. The van der Waals surface area contributed by atoms with Gasteiger partial charge in [0.2, 0.25) is 0 Å². The molecule has 0 aromatic rings. The molecule has 0 aliphatic carbocycles. The van der Waals surface area contributed by atoms with E-state index in [1.54, 1.807) is 7.11 Å². The van der Waals surface area contributed by atoms with E-state index in [2.05, 4.69) is 9.89 Å². The number of oxime groups is 1. The molecule has 0 saturated heterocycles. The van der Waals surface area contributed by atoms with E-state index in [1.165, 1.54) is 6.21 Å². The first-order valence-corrected chi connectivity index (χ1v) is 3.13. The number of nitrogens with zero attached hydrogens (tertiary/aromatic N) is 1. The van der Waals surface area contributed by atoms with Crippen LogP contribution in [-0.4, -0.2) is 29.9 Å². The predicted molar refractivity (Wildman–Crippen MR) is 37.1 cm³/mol. The predicted octanol–water partition coefficient (Wildman–Crippen LogP) is 0.774. The van der Waals surface area contributed by atoms with Crippen LogP contribution in [0.25, 0.3) is 0 Å². The summed E-state index contributed by atoms with van der Waals surface area (Å²) >= 11 is 0. The highest BCUT2D eigenvalue weighted by molar-refractivity contribution is 5.55. The van der Waals surface area contributed by atoms with E-state index in [0.29, 0.717) is 0 Å². The van der Waals surface area contributed by atoms with Gasteiger partial charge in [0, 0.05) is 12.6 Å². The van der Waals surface area contributed by atoms with Gasteiger partial charge in [-0.1, -0.05) is 0 Å². The molecule has 0 radical (unpaired) electrons. The highest BCUT2D eigenvalue weighted by Gasteiger charge is 1.86. The molecule has 0 aliphatic rings. The summed E-state index contributed by atoms with van der Waals surface area (Å²) in [5, 5.41) is 10.8. The van der Waals surface area contributed by atoms with Crippen LogP contribution in [0.5, 0.6) is 0 Å². The average molecular weight is 132 g/mol. The molecule has 0 aromatic heterocycles. The van der Waals surface area contributed by atoms with Crippen molar-refractivity contribution in [2.24, 2.45) is 5.16 Å². The molecular formula is C6H14NO2+. The van der Waals surface area contributed by atoms with Crippen LogP contribution in [0, 0.1) is 0 Å². The van der Waals surface area contributed by atoms with Gasteiger partial charge in [0.1, 0.15) is 13.7 Å². The second-order valence-corrected chi connectivity index (χ2v) is 1.83. The molecule has 0 aromatic carbocycles. The third-order valence-corrected chi connectivity index (χ3v) is 1.05. The minimum Gasteiger partial charge on any atom is -0.436 e. The number of hydrogen-bond acceptors (Lipinski definition) is 2. The number of aliphatic hydroxyl groups is 2. The molecule has 0 bridgehead atoms. The van der Waals surface area contributed by atoms with Crippen LogP contribution < -0.4 is 0 Å². The zero-order valence-corrected chi connectivity index (χ0v) is 5.75. The van der Waals surface area contributed by atoms with E-state index in [0.717, 1.165) is 25.9 Å². The van der Waals surface area contributed by atoms with E-state index in [-0.39, 0.29) is 0 Å². The molecule has 0 saturated carbocycles. The van der Waals surface area contributed by atoms with Crippen molar-refractivity contribution >= 4 is 6.21 Å². The molecule has 0 heterocycles. The fraction of sp³-hybridized carbons (Fsp3) is 0.833. The summed E-state index contributed by atoms with van der Waals surface area (Å²) in [5.41, 5.74) is 0. The lowest BCUT2D eigenvalue weighted by molar-refractivity contribution is 0.0131. The Morgan fingerprint density at radius 1 is 1.56 bits per heavy atom. The lowest BCUT2D eigenvalue weighted by Gasteiger charge is -1.91. The summed E-state index contributed by atoms with van der Waals surface area (Å²) in [6.45, 7) is 0.916. The quantitative estimate of drug-likeness (QED) is 0.194. The molecule has 0 unspecified atom stereocenters. The number of unbranched alkanes of at least 4 members (excludes halogenated alkanes) is 2. The molecule has 54 valence electrons. The van der Waals surface area contributed by atoms with Crippen LogP contribution >= 0.6 is 0 Å². The van der Waals surface area contributed by atoms with Crippen molar-refractivity contribution in [3.05, 3.63) is 0 Å². The zero-order valence-electron chi connectivity index (χ0n) is 5.75. The third kappa shape index (κ3) is 7.43. The molecule has 0 atom stereocenters. The van der Waals surface area contributed by atoms with Gasteiger partial charge in [0.05, 0.1) is 0 Å². The summed E-state index contributed by atoms with van der Waals surface area (Å²) in [6, 6.07) is 0. The van der Waals surface area contributed by atoms with Gasteiger partial charge in [-0.15, -0.1) is 5.16 Å². The van der Waals surface area contributed by atoms with Gasteiger partial charge >= 0.3 is 0 Å². The van der Waals surface area contributed by atoms with E-state index in [9.17, 15) is 0 Å². The second kappa shape index (κ2) is 7.43. The second-order valence-electron chi connectivity index (χ2n) is 1.83. The van der Waals surface area contributed by atoms with Crippen molar-refractivity contribution in [1.29, 1.82) is 0 Å². The lowest BCUT2D eigenvalue weighted by Crippen LogP contribution is -1.92. The number of rotatable bonds is 5. The third-order valence-electron chi connectivity index (χ3n) is 1.05. The fourth-order valence-electron chi connectivity index (χ4n) is 0.563. The first kappa shape index (κ1) is 8.43. The maximum Gasteiger partial charge on any atom is 0.144 e. The standard InChI is InChI=1S/C6H13NO2/c1-9-6-4-2-3-5-7-8/h5,8H,2-4,6H2,1H3/p+1. The van der Waals surface area contributed by atoms with Crippen LogP contribution in [0.2, 0.25) is 0 Å². The molecule has 9 heavy (non-hydrogen) atoms. The first-order valence-electron chi connectivity index (χ1n) is 3.13. The van der Waals surface area contributed by atoms with Crippen LogP contribution in [0.4, 0.5) is 0 Å². The molecule has 0 amide bonds. The minimum atomic E-state index is 0.853. The van der Waals surface area contributed by atoms with Crippen molar-refractivity contribution < 1.29 is 9.94 Å². The minimum absolute atomic E-state index is 0.853. The lowest BCUT2D eigenvalue weighted by atomic mass is 10.2. The van der Waals surface area contributed by atoms with E-state index >= 15 is 0 Å². The summed E-state index contributed by atoms with van der Waals surface area (Å²) in [7, 11) is 1.81. The number of hydrogen-bond donors (Lipinski definition) is 1. The molecular weight excluding hydrogens is 118 g/mol. The van der Waals surface area contributed by atoms with Gasteiger partial charge in [0.15, 0.2) is 0 Å². The molecule has 2 N–H and O–H groups in total. The maximum atomic E-state index is 7.97. The van der Waals surface area contributed by atoms with Crippen molar-refractivity contribution in [2.45, 2.75) is 19.3 Å². The Morgan fingerprint density at radius 2 is 2.33 bits per heavy atom. The Bertz CT molecular complexity index is 73.5. The highest BCUT2D eigenvalue weighted by Crippen LogP contribution is 1.90. The molecule has 3 heteroatoms. The van der Waals surface area contributed by atoms with Gasteiger partial charge in [-0.05, 0) is 12.8 Å². The topological polar surface area (TPSA) is 45.4 Å². The molecule has 0 rings (SSSR count). The number of ether oxygens (including phenoxy) is 1. The van der Waals surface area contributed by atoms with Crippen molar-refractivity contribution in [2.75, 3.05) is 13.7 Å². The van der Waals surface area contributed by atoms with Gasteiger partial charge in [-0.3, -0.25) is 0 Å². The van der Waals surface area contributed by atoms with Crippen LogP contribution in [0.1, 0.15) is 19.3 Å². The monoisotopic (exact) mass is 132 g/mol. The fourth-order valence-corrected chi connectivity index (χ4v) is 0.563. The Labute approximate surface area is 55.3 Å². The summed E-state index contributed by atoms with van der Waals surface area (Å²) in [5.74, 6) is 0. The largest absolute Gasteiger partial charge is 0.436 e. The van der Waals surface area contributed by atoms with Gasteiger partial charge in [0.25, 0.3) is 0 Å². The average Bonchev–Trinajstić information content (AvgIpc) is 1.89.